The van der Waals surface area contributed by atoms with E-state index in [9.17, 15) is 14.0 Å². The predicted molar refractivity (Wildman–Crippen MR) is 106 cm³/mol. The molecule has 0 bridgehead atoms. The first-order valence-corrected chi connectivity index (χ1v) is 9.66. The largest absolute Gasteiger partial charge is 0.353 e. The lowest BCUT2D eigenvalue weighted by Gasteiger charge is -2.23. The Morgan fingerprint density at radius 1 is 1.26 bits per heavy atom. The zero-order chi connectivity index (χ0) is 18.5. The number of halogens is 2. The molecule has 27 heavy (non-hydrogen) atoms. The average molecular weight is 398 g/mol. The number of fused-ring (bicyclic) bond motifs is 1. The van der Waals surface area contributed by atoms with Crippen molar-refractivity contribution in [1.29, 1.82) is 0 Å². The molecule has 5 nitrogen and oxygen atoms in total. The van der Waals surface area contributed by atoms with E-state index in [2.05, 4.69) is 16.0 Å². The van der Waals surface area contributed by atoms with Crippen LogP contribution >= 0.6 is 12.4 Å². The molecule has 1 aromatic carbocycles. The van der Waals surface area contributed by atoms with Gasteiger partial charge in [-0.25, -0.2) is 4.39 Å². The van der Waals surface area contributed by atoms with E-state index in [0.29, 0.717) is 18.5 Å². The smallest absolute Gasteiger partial charge is 0.226 e. The van der Waals surface area contributed by atoms with E-state index >= 15 is 0 Å². The van der Waals surface area contributed by atoms with Gasteiger partial charge >= 0.3 is 0 Å². The highest BCUT2D eigenvalue weighted by Crippen LogP contribution is 2.25. The van der Waals surface area contributed by atoms with Crippen molar-refractivity contribution >= 4 is 29.9 Å². The van der Waals surface area contributed by atoms with Gasteiger partial charge in [0.15, 0.2) is 0 Å². The molecule has 3 N–H and O–H groups in total. The second-order valence-corrected chi connectivity index (χ2v) is 7.49. The van der Waals surface area contributed by atoms with Gasteiger partial charge in [0.1, 0.15) is 5.82 Å². The number of anilines is 1. The molecule has 0 aromatic heterocycles. The van der Waals surface area contributed by atoms with Crippen LogP contribution in [0.5, 0.6) is 0 Å². The molecule has 0 spiro atoms. The second-order valence-electron chi connectivity index (χ2n) is 7.49. The van der Waals surface area contributed by atoms with Crippen LogP contribution < -0.4 is 16.0 Å². The summed E-state index contributed by atoms with van der Waals surface area (Å²) in [5.41, 5.74) is 1.85. The van der Waals surface area contributed by atoms with Crippen LogP contribution in [0, 0.1) is 11.7 Å². The fraction of sp³-hybridized carbons (Fsp3) is 0.600. The molecule has 2 amide bonds. The van der Waals surface area contributed by atoms with Crippen LogP contribution in [0.1, 0.15) is 56.6 Å². The molecular weight excluding hydrogens is 369 g/mol. The minimum Gasteiger partial charge on any atom is -0.353 e. The van der Waals surface area contributed by atoms with E-state index in [1.807, 2.05) is 13.0 Å². The summed E-state index contributed by atoms with van der Waals surface area (Å²) in [6, 6.07) is 3.20. The molecule has 1 aromatic rings. The van der Waals surface area contributed by atoms with Crippen molar-refractivity contribution < 1.29 is 14.0 Å². The van der Waals surface area contributed by atoms with Crippen LogP contribution in [0.4, 0.5) is 10.1 Å². The molecule has 1 heterocycles. The van der Waals surface area contributed by atoms with Gasteiger partial charge in [-0.2, -0.15) is 0 Å². The molecular formula is C20H29ClFN3O2. The highest BCUT2D eigenvalue weighted by atomic mass is 35.5. The summed E-state index contributed by atoms with van der Waals surface area (Å²) in [5, 5.41) is 8.79. The number of rotatable bonds is 5. The van der Waals surface area contributed by atoms with Crippen molar-refractivity contribution in [2.24, 2.45) is 5.92 Å². The first-order valence-electron chi connectivity index (χ1n) is 9.66. The topological polar surface area (TPSA) is 70.2 Å². The van der Waals surface area contributed by atoms with E-state index < -0.39 is 0 Å². The minimum atomic E-state index is -0.337. The Morgan fingerprint density at radius 2 is 2.00 bits per heavy atom. The van der Waals surface area contributed by atoms with E-state index in [-0.39, 0.29) is 54.1 Å². The maximum atomic E-state index is 14.6. The van der Waals surface area contributed by atoms with Gasteiger partial charge in [0.2, 0.25) is 11.8 Å². The van der Waals surface area contributed by atoms with Crippen LogP contribution in [0.25, 0.3) is 0 Å². The lowest BCUT2D eigenvalue weighted by Crippen LogP contribution is -2.39. The van der Waals surface area contributed by atoms with Crippen molar-refractivity contribution in [2.45, 2.75) is 64.5 Å². The third-order valence-corrected chi connectivity index (χ3v) is 5.34. The van der Waals surface area contributed by atoms with Crippen molar-refractivity contribution in [1.82, 2.24) is 10.6 Å². The minimum absolute atomic E-state index is 0. The van der Waals surface area contributed by atoms with E-state index in [0.717, 1.165) is 37.8 Å². The number of carbonyl (C=O) groups excluding carboxylic acids is 2. The highest BCUT2D eigenvalue weighted by Gasteiger charge is 2.23. The first-order chi connectivity index (χ1) is 12.5. The maximum absolute atomic E-state index is 14.6. The molecule has 1 aliphatic carbocycles. The number of hydrogen-bond donors (Lipinski definition) is 3. The van der Waals surface area contributed by atoms with E-state index in [1.54, 1.807) is 6.07 Å². The van der Waals surface area contributed by atoms with Gasteiger partial charge < -0.3 is 16.0 Å². The third-order valence-electron chi connectivity index (χ3n) is 5.34. The summed E-state index contributed by atoms with van der Waals surface area (Å²) < 4.78 is 14.6. The van der Waals surface area contributed by atoms with Crippen molar-refractivity contribution in [3.8, 4) is 0 Å². The van der Waals surface area contributed by atoms with Crippen molar-refractivity contribution in [3.63, 3.8) is 0 Å². The Labute approximate surface area is 166 Å². The van der Waals surface area contributed by atoms with Gasteiger partial charge in [-0.1, -0.05) is 25.3 Å². The van der Waals surface area contributed by atoms with Gasteiger partial charge in [0.05, 0.1) is 5.69 Å². The Bertz CT molecular complexity index is 677. The fourth-order valence-corrected chi connectivity index (χ4v) is 3.89. The Hall–Kier alpha value is -1.66. The maximum Gasteiger partial charge on any atom is 0.226 e. The molecule has 2 aliphatic rings. The van der Waals surface area contributed by atoms with Gasteiger partial charge in [0.25, 0.3) is 0 Å². The molecule has 1 fully saturated rings. The second kappa shape index (κ2) is 10.0. The summed E-state index contributed by atoms with van der Waals surface area (Å²) in [7, 11) is 0. The number of carbonyl (C=O) groups is 2. The summed E-state index contributed by atoms with van der Waals surface area (Å²) in [4.78, 5) is 24.5. The fourth-order valence-electron chi connectivity index (χ4n) is 3.89. The lowest BCUT2D eigenvalue weighted by molar-refractivity contribution is -0.126. The zero-order valence-electron chi connectivity index (χ0n) is 15.8. The Morgan fingerprint density at radius 3 is 2.74 bits per heavy atom. The van der Waals surface area contributed by atoms with Crippen LogP contribution in [0.2, 0.25) is 0 Å². The first kappa shape index (κ1) is 21.6. The Balaban J connectivity index is 0.00000261. The quantitative estimate of drug-likeness (QED) is 0.713. The van der Waals surface area contributed by atoms with Gasteiger partial charge in [-0.3, -0.25) is 9.59 Å². The molecule has 3 rings (SSSR count). The van der Waals surface area contributed by atoms with Crippen molar-refractivity contribution in [2.75, 3.05) is 11.9 Å². The third kappa shape index (κ3) is 5.66. The standard InChI is InChI=1S/C20H28FN3O2.ClH/c1-13(23-20(26)14-5-3-2-4-6-14)11-18(25)24-17-8-7-15-12-22-10-9-16(15)19(17)21;/h7-8,13-14,22H,2-6,9-12H2,1H3,(H,23,26)(H,24,25);1H. The normalized spacial score (nSPS) is 18.0. The monoisotopic (exact) mass is 397 g/mol. The summed E-state index contributed by atoms with van der Waals surface area (Å²) in [6.07, 6.45) is 6.01. The summed E-state index contributed by atoms with van der Waals surface area (Å²) in [6.45, 7) is 3.21. The van der Waals surface area contributed by atoms with Gasteiger partial charge in [-0.15, -0.1) is 12.4 Å². The van der Waals surface area contributed by atoms with Crippen molar-refractivity contribution in [3.05, 3.63) is 29.1 Å². The zero-order valence-corrected chi connectivity index (χ0v) is 16.6. The molecule has 0 radical (unpaired) electrons. The van der Waals surface area contributed by atoms with Crippen LogP contribution in [-0.2, 0) is 22.6 Å². The predicted octanol–water partition coefficient (Wildman–Crippen LogP) is 3.31. The average Bonchev–Trinajstić information content (AvgIpc) is 2.65. The summed E-state index contributed by atoms with van der Waals surface area (Å²) in [5.74, 6) is -0.510. The van der Waals surface area contributed by atoms with E-state index in [1.165, 1.54) is 6.42 Å². The van der Waals surface area contributed by atoms with Crippen LogP contribution in [0.15, 0.2) is 12.1 Å². The number of hydrogen-bond acceptors (Lipinski definition) is 3. The lowest BCUT2D eigenvalue weighted by atomic mass is 9.88. The van der Waals surface area contributed by atoms with E-state index in [4.69, 9.17) is 0 Å². The number of nitrogens with one attached hydrogen (secondary N) is 3. The highest BCUT2D eigenvalue weighted by molar-refractivity contribution is 5.92. The Kier molecular flexibility index (Phi) is 8.05. The van der Waals surface area contributed by atoms with Crippen LogP contribution in [-0.4, -0.2) is 24.4 Å². The summed E-state index contributed by atoms with van der Waals surface area (Å²) >= 11 is 0. The molecule has 1 aliphatic heterocycles. The molecule has 7 heteroatoms. The molecule has 150 valence electrons. The van der Waals surface area contributed by atoms with Crippen LogP contribution in [0.3, 0.4) is 0 Å². The van der Waals surface area contributed by atoms with Gasteiger partial charge in [-0.05, 0) is 49.9 Å². The molecule has 0 saturated heterocycles. The molecule has 1 atom stereocenters. The number of benzene rings is 1. The molecule has 1 saturated carbocycles. The van der Waals surface area contributed by atoms with Gasteiger partial charge in [0, 0.05) is 24.9 Å². The number of amides is 2. The SMILES string of the molecule is CC(CC(=O)Nc1ccc2c(c1F)CCNC2)NC(=O)C1CCCCC1.Cl. The molecule has 1 unspecified atom stereocenters.